The molecule has 2 aromatic heterocycles. The zero-order valence-corrected chi connectivity index (χ0v) is 39.7. The fourth-order valence-corrected chi connectivity index (χ4v) is 12.1. The van der Waals surface area contributed by atoms with Gasteiger partial charge in [0.15, 0.2) is 0 Å². The number of anilines is 3. The summed E-state index contributed by atoms with van der Waals surface area (Å²) in [7, 11) is 0. The summed E-state index contributed by atoms with van der Waals surface area (Å²) in [6, 6.07) is 83.0. The van der Waals surface area contributed by atoms with Gasteiger partial charge in [0, 0.05) is 61.5 Å². The summed E-state index contributed by atoms with van der Waals surface area (Å²) in [6.07, 6.45) is 5.71. The Morgan fingerprint density at radius 2 is 0.915 bits per heavy atom. The van der Waals surface area contributed by atoms with E-state index < -0.39 is 0 Å². The molecule has 4 heterocycles. The molecule has 338 valence electrons. The molecule has 0 amide bonds. The number of hydrogen-bond donors (Lipinski definition) is 0. The molecule has 0 N–H and O–H groups in total. The molecule has 2 aliphatic rings. The van der Waals surface area contributed by atoms with Crippen LogP contribution in [-0.2, 0) is 6.42 Å². The van der Waals surface area contributed by atoms with Gasteiger partial charge in [-0.05, 0) is 101 Å². The van der Waals surface area contributed by atoms with Crippen LogP contribution in [0.25, 0.3) is 77.2 Å². The quantitative estimate of drug-likeness (QED) is 0.101. The second kappa shape index (κ2) is 16.9. The Morgan fingerprint density at radius 3 is 1.46 bits per heavy atom. The Bertz CT molecular complexity index is 3870. The molecule has 10 aromatic carbocycles. The Morgan fingerprint density at radius 1 is 0.408 bits per heavy atom. The maximum atomic E-state index is 7.42. The maximum Gasteiger partial charge on any atom is 0.256 e. The van der Waals surface area contributed by atoms with Gasteiger partial charge in [-0.3, -0.25) is 0 Å². The second-order valence-corrected chi connectivity index (χ2v) is 19.3. The summed E-state index contributed by atoms with van der Waals surface area (Å²) in [6.45, 7) is 2.20. The lowest BCUT2D eigenvalue weighted by molar-refractivity contribution is 0.486. The van der Waals surface area contributed by atoms with E-state index in [1.54, 1.807) is 0 Å². The van der Waals surface area contributed by atoms with E-state index in [4.69, 9.17) is 4.74 Å². The van der Waals surface area contributed by atoms with E-state index in [-0.39, 0.29) is 6.71 Å². The van der Waals surface area contributed by atoms with Crippen LogP contribution in [0.1, 0.15) is 38.2 Å². The molecular weight excluding hydrogens is 862 g/mol. The summed E-state index contributed by atoms with van der Waals surface area (Å²) in [5.41, 5.74) is 20.1. The van der Waals surface area contributed by atoms with E-state index in [1.165, 1.54) is 113 Å². The average Bonchev–Trinajstić information content (AvgIpc) is 3.95. The third kappa shape index (κ3) is 6.60. The number of aromatic nitrogens is 2. The minimum Gasteiger partial charge on any atom is -0.458 e. The van der Waals surface area contributed by atoms with Crippen LogP contribution in [0.2, 0.25) is 0 Å². The van der Waals surface area contributed by atoms with E-state index in [0.717, 1.165) is 47.1 Å². The van der Waals surface area contributed by atoms with Crippen molar-refractivity contribution < 1.29 is 4.74 Å². The predicted octanol–water partition coefficient (Wildman–Crippen LogP) is 15.7. The van der Waals surface area contributed by atoms with Gasteiger partial charge in [0.05, 0.1) is 27.8 Å². The lowest BCUT2D eigenvalue weighted by Gasteiger charge is -2.42. The molecule has 14 rings (SSSR count). The van der Waals surface area contributed by atoms with Crippen molar-refractivity contribution in [1.29, 1.82) is 0 Å². The van der Waals surface area contributed by atoms with E-state index in [0.29, 0.717) is 0 Å². The van der Waals surface area contributed by atoms with Crippen molar-refractivity contribution in [1.82, 2.24) is 9.13 Å². The lowest BCUT2D eigenvalue weighted by Crippen LogP contribution is -2.59. The van der Waals surface area contributed by atoms with Crippen LogP contribution in [-0.4, -0.2) is 15.8 Å². The van der Waals surface area contributed by atoms with Crippen LogP contribution < -0.4 is 26.0 Å². The summed E-state index contributed by atoms with van der Waals surface area (Å²) >= 11 is 0. The van der Waals surface area contributed by atoms with Crippen molar-refractivity contribution in [2.75, 3.05) is 4.90 Å². The number of fused-ring (bicyclic) bond motifs is 10. The Balaban J connectivity index is 1.07. The number of hydrogen-bond acceptors (Lipinski definition) is 2. The van der Waals surface area contributed by atoms with Crippen molar-refractivity contribution in [3.63, 3.8) is 0 Å². The van der Waals surface area contributed by atoms with Crippen LogP contribution in [0.15, 0.2) is 224 Å². The van der Waals surface area contributed by atoms with Crippen LogP contribution in [0.3, 0.4) is 0 Å². The molecule has 0 saturated carbocycles. The average molecular weight is 912 g/mol. The minimum absolute atomic E-state index is 0.0902. The molecule has 2 aliphatic heterocycles. The molecule has 71 heavy (non-hydrogen) atoms. The van der Waals surface area contributed by atoms with Crippen LogP contribution in [0.4, 0.5) is 17.1 Å². The van der Waals surface area contributed by atoms with Crippen molar-refractivity contribution in [3.8, 4) is 45.1 Å². The van der Waals surface area contributed by atoms with E-state index >= 15 is 0 Å². The molecule has 0 unspecified atom stereocenters. The van der Waals surface area contributed by atoms with Gasteiger partial charge in [-0.25, -0.2) is 0 Å². The number of nitrogens with zero attached hydrogens (tertiary/aromatic N) is 3. The highest BCUT2D eigenvalue weighted by atomic mass is 16.5. The zero-order valence-electron chi connectivity index (χ0n) is 39.7. The van der Waals surface area contributed by atoms with Crippen molar-refractivity contribution in [2.24, 2.45) is 0 Å². The van der Waals surface area contributed by atoms with E-state index in [9.17, 15) is 0 Å². The van der Waals surface area contributed by atoms with Crippen LogP contribution >= 0.6 is 0 Å². The van der Waals surface area contributed by atoms with Crippen molar-refractivity contribution >= 4 is 83.8 Å². The third-order valence-corrected chi connectivity index (χ3v) is 15.2. The number of aryl methyl sites for hydroxylation is 1. The number of rotatable bonds is 10. The molecular formula is C66H50BN3O. The standard InChI is InChI=1S/C66H50BN3O/c1-2-3-4-7-21-44-40-62-65-64(41-44)71-63-43-48(69-59-34-18-14-28-53(59)54-29-15-19-35-60(54)69)37-39-56(63)67(65)55-38-36-47(68-57-32-16-12-26-51(57)52-27-13-17-33-58(52)68)42-61(55)70(62)66-49(45-22-8-5-9-23-45)30-20-31-50(66)46-24-10-6-11-25-46/h5-6,8-20,22-43H,2-4,7,21H2,1H3. The van der Waals surface area contributed by atoms with Crippen molar-refractivity contribution in [3.05, 3.63) is 230 Å². The Kier molecular flexibility index (Phi) is 9.84. The maximum absolute atomic E-state index is 7.42. The summed E-state index contributed by atoms with van der Waals surface area (Å²) < 4.78 is 12.3. The molecule has 0 spiro atoms. The van der Waals surface area contributed by atoms with E-state index in [1.807, 2.05) is 0 Å². The third-order valence-electron chi connectivity index (χ3n) is 15.2. The molecule has 0 atom stereocenters. The second-order valence-electron chi connectivity index (χ2n) is 19.3. The Labute approximate surface area is 414 Å². The predicted molar refractivity (Wildman–Crippen MR) is 300 cm³/mol. The first-order valence-corrected chi connectivity index (χ1v) is 25.4. The van der Waals surface area contributed by atoms with Crippen molar-refractivity contribution in [2.45, 2.75) is 39.0 Å². The smallest absolute Gasteiger partial charge is 0.256 e. The molecule has 5 heteroatoms. The summed E-state index contributed by atoms with van der Waals surface area (Å²) in [4.78, 5) is 2.61. The highest BCUT2D eigenvalue weighted by Crippen LogP contribution is 2.50. The first kappa shape index (κ1) is 41.4. The zero-order chi connectivity index (χ0) is 47.0. The lowest BCUT2D eigenvalue weighted by atomic mass is 9.34. The topological polar surface area (TPSA) is 22.3 Å². The van der Waals surface area contributed by atoms with Gasteiger partial charge in [0.2, 0.25) is 0 Å². The first-order valence-electron chi connectivity index (χ1n) is 25.4. The molecule has 0 saturated heterocycles. The van der Waals surface area contributed by atoms with Gasteiger partial charge >= 0.3 is 0 Å². The van der Waals surface area contributed by atoms with Gasteiger partial charge in [0.25, 0.3) is 6.71 Å². The molecule has 0 radical (unpaired) electrons. The van der Waals surface area contributed by atoms with Crippen LogP contribution in [0.5, 0.6) is 11.5 Å². The molecule has 0 aliphatic carbocycles. The van der Waals surface area contributed by atoms with Gasteiger partial charge in [-0.2, -0.15) is 0 Å². The number of benzene rings is 10. The molecule has 0 bridgehead atoms. The van der Waals surface area contributed by atoms with Crippen LogP contribution in [0, 0.1) is 0 Å². The van der Waals surface area contributed by atoms with E-state index in [2.05, 4.69) is 245 Å². The summed E-state index contributed by atoms with van der Waals surface area (Å²) in [5, 5.41) is 4.99. The molecule has 12 aromatic rings. The highest BCUT2D eigenvalue weighted by Gasteiger charge is 2.43. The molecule has 4 nitrogen and oxygen atoms in total. The first-order chi connectivity index (χ1) is 35.2. The number of para-hydroxylation sites is 5. The monoisotopic (exact) mass is 911 g/mol. The summed E-state index contributed by atoms with van der Waals surface area (Å²) in [5.74, 6) is 1.84. The van der Waals surface area contributed by atoms with Gasteiger partial charge < -0.3 is 18.8 Å². The normalized spacial score (nSPS) is 12.6. The van der Waals surface area contributed by atoms with Gasteiger partial charge in [-0.15, -0.1) is 0 Å². The molecule has 0 fully saturated rings. The number of ether oxygens (including phenoxy) is 1. The SMILES string of the molecule is CCCCCCc1cc2c3c(c1)N(c1c(-c4ccccc4)cccc1-c1ccccc1)c1cc(-n4c5ccccc5c5ccccc54)ccc1B3c1ccc(-n3c4ccccc4c4ccccc43)cc1O2. The fraction of sp³-hybridized carbons (Fsp3) is 0.0909. The van der Waals surface area contributed by atoms with Gasteiger partial charge in [0.1, 0.15) is 11.5 Å². The Hall–Kier alpha value is -8.54. The highest BCUT2D eigenvalue weighted by molar-refractivity contribution is 6.99. The minimum atomic E-state index is -0.0902. The fourth-order valence-electron chi connectivity index (χ4n) is 12.1. The van der Waals surface area contributed by atoms with Gasteiger partial charge in [-0.1, -0.05) is 190 Å². The largest absolute Gasteiger partial charge is 0.458 e. The number of unbranched alkanes of at least 4 members (excludes halogenated alkanes) is 3.